The lowest BCUT2D eigenvalue weighted by molar-refractivity contribution is -0.117. The number of nitrogens with zero attached hydrogens (tertiary/aromatic N) is 1. The first kappa shape index (κ1) is 9.47. The molecule has 1 aromatic rings. The minimum atomic E-state index is -0.555. The van der Waals surface area contributed by atoms with Crippen LogP contribution >= 0.6 is 0 Å². The Labute approximate surface area is 76.0 Å². The molecule has 0 aliphatic rings. The van der Waals surface area contributed by atoms with Crippen LogP contribution in [-0.2, 0) is 4.79 Å². The van der Waals surface area contributed by atoms with Gasteiger partial charge in [0, 0.05) is 6.07 Å². The van der Waals surface area contributed by atoms with Crippen molar-refractivity contribution in [3.05, 3.63) is 24.9 Å². The van der Waals surface area contributed by atoms with Crippen molar-refractivity contribution < 1.29 is 4.79 Å². The average Bonchev–Trinajstić information content (AvgIpc) is 2.57. The summed E-state index contributed by atoms with van der Waals surface area (Å²) >= 11 is 0. The number of H-pyrrole nitrogens is 1. The van der Waals surface area contributed by atoms with Crippen LogP contribution in [0.1, 0.15) is 6.42 Å². The van der Waals surface area contributed by atoms with Crippen LogP contribution in [0.15, 0.2) is 24.9 Å². The first-order valence-electron chi connectivity index (χ1n) is 3.90. The first-order chi connectivity index (χ1) is 6.24. The summed E-state index contributed by atoms with van der Waals surface area (Å²) < 4.78 is 0. The van der Waals surface area contributed by atoms with E-state index >= 15 is 0 Å². The Morgan fingerprint density at radius 3 is 3.23 bits per heavy atom. The Balaban J connectivity index is 2.45. The number of anilines is 1. The number of aromatic amines is 1. The average molecular weight is 180 g/mol. The second-order valence-electron chi connectivity index (χ2n) is 2.59. The Hall–Kier alpha value is -1.62. The van der Waals surface area contributed by atoms with Crippen LogP contribution in [0.2, 0.25) is 0 Å². The van der Waals surface area contributed by atoms with Gasteiger partial charge >= 0.3 is 0 Å². The van der Waals surface area contributed by atoms with Crippen molar-refractivity contribution in [1.29, 1.82) is 0 Å². The highest BCUT2D eigenvalue weighted by atomic mass is 16.2. The van der Waals surface area contributed by atoms with Crippen molar-refractivity contribution in [2.45, 2.75) is 12.5 Å². The third kappa shape index (κ3) is 2.72. The van der Waals surface area contributed by atoms with Crippen LogP contribution in [0.5, 0.6) is 0 Å². The van der Waals surface area contributed by atoms with E-state index < -0.39 is 6.04 Å². The van der Waals surface area contributed by atoms with Crippen LogP contribution in [0.3, 0.4) is 0 Å². The molecule has 0 spiro atoms. The van der Waals surface area contributed by atoms with Gasteiger partial charge in [-0.05, 0) is 6.42 Å². The van der Waals surface area contributed by atoms with Gasteiger partial charge in [-0.15, -0.1) is 6.58 Å². The lowest BCUT2D eigenvalue weighted by Gasteiger charge is -2.07. The standard InChI is InChI=1S/C8H12N4O/c1-2-3-6(9)8(13)11-7-4-5-10-12-7/h2,4-6H,1,3,9H2,(H2,10,11,12,13). The molecule has 4 N–H and O–H groups in total. The number of carbonyl (C=O) groups excluding carboxylic acids is 1. The number of hydrogen-bond donors (Lipinski definition) is 3. The third-order valence-electron chi connectivity index (χ3n) is 1.52. The molecule has 5 heteroatoms. The second-order valence-corrected chi connectivity index (χ2v) is 2.59. The molecule has 0 aromatic carbocycles. The van der Waals surface area contributed by atoms with Crippen LogP contribution in [0.4, 0.5) is 5.82 Å². The van der Waals surface area contributed by atoms with Gasteiger partial charge in [0.05, 0.1) is 12.2 Å². The van der Waals surface area contributed by atoms with Gasteiger partial charge in [0.15, 0.2) is 0 Å². The summed E-state index contributed by atoms with van der Waals surface area (Å²) in [5, 5.41) is 8.86. The molecule has 1 unspecified atom stereocenters. The summed E-state index contributed by atoms with van der Waals surface area (Å²) in [7, 11) is 0. The molecular formula is C8H12N4O. The number of aromatic nitrogens is 2. The molecule has 5 nitrogen and oxygen atoms in total. The molecule has 0 saturated carbocycles. The van der Waals surface area contributed by atoms with Crippen molar-refractivity contribution in [1.82, 2.24) is 10.2 Å². The van der Waals surface area contributed by atoms with Gasteiger partial charge < -0.3 is 11.1 Å². The SMILES string of the molecule is C=CCC(N)C(=O)Nc1ccn[nH]1. The van der Waals surface area contributed by atoms with Crippen LogP contribution < -0.4 is 11.1 Å². The fourth-order valence-corrected chi connectivity index (χ4v) is 0.838. The summed E-state index contributed by atoms with van der Waals surface area (Å²) in [6.45, 7) is 3.50. The highest BCUT2D eigenvalue weighted by molar-refractivity contribution is 5.93. The van der Waals surface area contributed by atoms with Gasteiger partial charge in [-0.2, -0.15) is 5.10 Å². The molecular weight excluding hydrogens is 168 g/mol. The zero-order valence-electron chi connectivity index (χ0n) is 7.16. The summed E-state index contributed by atoms with van der Waals surface area (Å²) in [6.07, 6.45) is 3.62. The molecule has 1 rings (SSSR count). The van der Waals surface area contributed by atoms with Crippen LogP contribution in [0.25, 0.3) is 0 Å². The maximum absolute atomic E-state index is 11.3. The normalized spacial score (nSPS) is 12.1. The Bertz CT molecular complexity index is 280. The molecule has 0 aliphatic heterocycles. The zero-order chi connectivity index (χ0) is 9.68. The molecule has 0 radical (unpaired) electrons. The number of amides is 1. The van der Waals surface area contributed by atoms with E-state index in [0.29, 0.717) is 12.2 Å². The molecule has 0 fully saturated rings. The molecule has 70 valence electrons. The molecule has 1 amide bonds. The molecule has 0 saturated heterocycles. The highest BCUT2D eigenvalue weighted by Gasteiger charge is 2.11. The fraction of sp³-hybridized carbons (Fsp3) is 0.250. The topological polar surface area (TPSA) is 83.8 Å². The van der Waals surface area contributed by atoms with E-state index in [1.54, 1.807) is 18.3 Å². The largest absolute Gasteiger partial charge is 0.320 e. The maximum atomic E-state index is 11.3. The monoisotopic (exact) mass is 180 g/mol. The van der Waals surface area contributed by atoms with E-state index in [2.05, 4.69) is 22.1 Å². The number of carbonyl (C=O) groups is 1. The van der Waals surface area contributed by atoms with Crippen LogP contribution in [-0.4, -0.2) is 22.1 Å². The van der Waals surface area contributed by atoms with Crippen molar-refractivity contribution >= 4 is 11.7 Å². The van der Waals surface area contributed by atoms with Gasteiger partial charge in [0.25, 0.3) is 0 Å². The van der Waals surface area contributed by atoms with Gasteiger partial charge in [0.1, 0.15) is 5.82 Å². The van der Waals surface area contributed by atoms with E-state index in [9.17, 15) is 4.79 Å². The van der Waals surface area contributed by atoms with E-state index in [-0.39, 0.29) is 5.91 Å². The minimum absolute atomic E-state index is 0.246. The van der Waals surface area contributed by atoms with Gasteiger partial charge in [-0.1, -0.05) is 6.08 Å². The van der Waals surface area contributed by atoms with E-state index in [4.69, 9.17) is 5.73 Å². The van der Waals surface area contributed by atoms with E-state index in [1.165, 1.54) is 0 Å². The van der Waals surface area contributed by atoms with Crippen molar-refractivity contribution in [2.24, 2.45) is 5.73 Å². The lowest BCUT2D eigenvalue weighted by Crippen LogP contribution is -2.35. The molecule has 1 aromatic heterocycles. The minimum Gasteiger partial charge on any atom is -0.320 e. The van der Waals surface area contributed by atoms with Gasteiger partial charge in [-0.25, -0.2) is 0 Å². The van der Waals surface area contributed by atoms with E-state index in [0.717, 1.165) is 0 Å². The summed E-state index contributed by atoms with van der Waals surface area (Å²) in [5.74, 6) is 0.300. The maximum Gasteiger partial charge on any atom is 0.242 e. The molecule has 0 bridgehead atoms. The quantitative estimate of drug-likeness (QED) is 0.581. The highest BCUT2D eigenvalue weighted by Crippen LogP contribution is 2.00. The predicted molar refractivity (Wildman–Crippen MR) is 50.0 cm³/mol. The summed E-state index contributed by atoms with van der Waals surface area (Å²) in [5.41, 5.74) is 5.53. The Morgan fingerprint density at radius 1 is 1.92 bits per heavy atom. The molecule has 1 atom stereocenters. The number of hydrogen-bond acceptors (Lipinski definition) is 3. The number of rotatable bonds is 4. The molecule has 1 heterocycles. The zero-order valence-corrected chi connectivity index (χ0v) is 7.16. The summed E-state index contributed by atoms with van der Waals surface area (Å²) in [6, 6.07) is 1.10. The molecule has 0 aliphatic carbocycles. The van der Waals surface area contributed by atoms with Crippen molar-refractivity contribution in [2.75, 3.05) is 5.32 Å². The lowest BCUT2D eigenvalue weighted by atomic mass is 10.2. The van der Waals surface area contributed by atoms with E-state index in [1.807, 2.05) is 0 Å². The first-order valence-corrected chi connectivity index (χ1v) is 3.90. The fourth-order valence-electron chi connectivity index (χ4n) is 0.838. The van der Waals surface area contributed by atoms with Gasteiger partial charge in [0.2, 0.25) is 5.91 Å². The number of nitrogens with one attached hydrogen (secondary N) is 2. The predicted octanol–water partition coefficient (Wildman–Crippen LogP) is 0.252. The van der Waals surface area contributed by atoms with Crippen molar-refractivity contribution in [3.63, 3.8) is 0 Å². The summed E-state index contributed by atoms with van der Waals surface area (Å²) in [4.78, 5) is 11.3. The van der Waals surface area contributed by atoms with Gasteiger partial charge in [-0.3, -0.25) is 9.89 Å². The number of nitrogens with two attached hydrogens (primary N) is 1. The molecule has 13 heavy (non-hydrogen) atoms. The smallest absolute Gasteiger partial charge is 0.242 e. The Kier molecular flexibility index (Phi) is 3.22. The van der Waals surface area contributed by atoms with Crippen molar-refractivity contribution in [3.8, 4) is 0 Å². The Morgan fingerprint density at radius 2 is 2.69 bits per heavy atom. The van der Waals surface area contributed by atoms with Crippen LogP contribution in [0, 0.1) is 0 Å². The third-order valence-corrected chi connectivity index (χ3v) is 1.52. The second kappa shape index (κ2) is 4.42.